The number of rotatable bonds is 12. The van der Waals surface area contributed by atoms with Crippen LogP contribution in [0.4, 0.5) is 0 Å². The van der Waals surface area contributed by atoms with Crippen LogP contribution in [-0.2, 0) is 9.47 Å². The molecule has 1 aromatic carbocycles. The van der Waals surface area contributed by atoms with E-state index in [1.54, 1.807) is 0 Å². The number of ether oxygens (including phenoxy) is 2. The fourth-order valence-corrected chi connectivity index (χ4v) is 3.37. The first-order valence-electron chi connectivity index (χ1n) is 11.0. The first-order valence-corrected chi connectivity index (χ1v) is 11.7. The van der Waals surface area contributed by atoms with Gasteiger partial charge in [-0.25, -0.2) is 9.59 Å². The smallest absolute Gasteiger partial charge is 0.339 e. The average Bonchev–Trinajstić information content (AvgIpc) is 2.69. The van der Waals surface area contributed by atoms with E-state index in [-0.39, 0.29) is 33.4 Å². The van der Waals surface area contributed by atoms with Crippen LogP contribution in [0, 0.1) is 11.8 Å². The van der Waals surface area contributed by atoms with E-state index >= 15 is 0 Å². The van der Waals surface area contributed by atoms with Crippen LogP contribution >= 0.6 is 23.2 Å². The Hall–Kier alpha value is -1.26. The van der Waals surface area contributed by atoms with Gasteiger partial charge in [-0.3, -0.25) is 0 Å². The van der Waals surface area contributed by atoms with Gasteiger partial charge in [-0.05, 0) is 62.5 Å². The van der Waals surface area contributed by atoms with Crippen molar-refractivity contribution in [3.05, 3.63) is 33.3 Å². The summed E-state index contributed by atoms with van der Waals surface area (Å²) < 4.78 is 11.4. The monoisotopic (exact) mass is 458 g/mol. The van der Waals surface area contributed by atoms with E-state index in [9.17, 15) is 9.59 Å². The van der Waals surface area contributed by atoms with Crippen LogP contribution < -0.4 is 0 Å². The largest absolute Gasteiger partial charge is 0.459 e. The zero-order valence-corrected chi connectivity index (χ0v) is 20.6. The Morgan fingerprint density at radius 2 is 1.07 bits per heavy atom. The van der Waals surface area contributed by atoms with Crippen LogP contribution in [0.25, 0.3) is 0 Å². The van der Waals surface area contributed by atoms with Crippen molar-refractivity contribution in [2.45, 2.75) is 92.3 Å². The van der Waals surface area contributed by atoms with Crippen LogP contribution in [-0.4, -0.2) is 24.1 Å². The molecule has 0 saturated heterocycles. The quantitative estimate of drug-likeness (QED) is 0.300. The third-order valence-corrected chi connectivity index (χ3v) is 5.81. The van der Waals surface area contributed by atoms with Gasteiger partial charge in [0.1, 0.15) is 12.2 Å². The Morgan fingerprint density at radius 3 is 1.33 bits per heavy atom. The van der Waals surface area contributed by atoms with Gasteiger partial charge >= 0.3 is 11.9 Å². The molecule has 0 fully saturated rings. The fourth-order valence-electron chi connectivity index (χ4n) is 3.05. The summed E-state index contributed by atoms with van der Waals surface area (Å²) in [6, 6.07) is 2.79. The topological polar surface area (TPSA) is 52.6 Å². The van der Waals surface area contributed by atoms with E-state index in [1.165, 1.54) is 12.1 Å². The highest BCUT2D eigenvalue weighted by molar-refractivity contribution is 6.42. The molecule has 30 heavy (non-hydrogen) atoms. The second-order valence-corrected chi connectivity index (χ2v) is 9.44. The summed E-state index contributed by atoms with van der Waals surface area (Å²) in [5.74, 6) is -0.118. The summed E-state index contributed by atoms with van der Waals surface area (Å²) in [5.41, 5.74) is 0.187. The second-order valence-electron chi connectivity index (χ2n) is 8.63. The molecule has 1 aromatic rings. The number of carbonyl (C=O) groups is 2. The van der Waals surface area contributed by atoms with E-state index < -0.39 is 11.9 Å². The number of carbonyl (C=O) groups excluding carboxylic acids is 2. The highest BCUT2D eigenvalue weighted by Gasteiger charge is 2.25. The first-order chi connectivity index (χ1) is 14.1. The summed E-state index contributed by atoms with van der Waals surface area (Å²) in [7, 11) is 0. The lowest BCUT2D eigenvalue weighted by atomic mass is 10.0. The molecule has 0 aliphatic rings. The normalized spacial score (nSPS) is 13.4. The van der Waals surface area contributed by atoms with E-state index in [0.717, 1.165) is 25.7 Å². The third kappa shape index (κ3) is 8.85. The summed E-state index contributed by atoms with van der Waals surface area (Å²) >= 11 is 12.3. The molecule has 1 rings (SSSR count). The SMILES string of the molecule is CCC(CCC(C)C)OC(=O)c1cc(Cl)c(Cl)cc1C(=O)OC(CC)CCC(C)C. The van der Waals surface area contributed by atoms with E-state index in [4.69, 9.17) is 32.7 Å². The molecule has 0 spiro atoms. The zero-order chi connectivity index (χ0) is 22.8. The summed E-state index contributed by atoms with van der Waals surface area (Å²) in [4.78, 5) is 25.8. The van der Waals surface area contributed by atoms with Gasteiger partial charge in [-0.15, -0.1) is 0 Å². The van der Waals surface area contributed by atoms with Crippen molar-refractivity contribution in [2.24, 2.45) is 11.8 Å². The minimum absolute atomic E-state index is 0.0936. The molecule has 170 valence electrons. The third-order valence-electron chi connectivity index (χ3n) is 5.09. The van der Waals surface area contributed by atoms with Crippen LogP contribution in [0.1, 0.15) is 101 Å². The van der Waals surface area contributed by atoms with Crippen molar-refractivity contribution in [2.75, 3.05) is 0 Å². The molecule has 0 N–H and O–H groups in total. The Morgan fingerprint density at radius 1 is 0.733 bits per heavy atom. The second kappa shape index (κ2) is 13.2. The molecule has 4 nitrogen and oxygen atoms in total. The molecule has 0 heterocycles. The molecule has 0 aliphatic heterocycles. The maximum absolute atomic E-state index is 12.9. The molecule has 0 amide bonds. The molecular formula is C24H36Cl2O4. The predicted molar refractivity (Wildman–Crippen MR) is 124 cm³/mol. The van der Waals surface area contributed by atoms with E-state index in [2.05, 4.69) is 27.7 Å². The number of hydrogen-bond donors (Lipinski definition) is 0. The standard InChI is InChI=1S/C24H36Cl2O4/c1-7-17(11-9-15(3)4)29-23(27)19-13-21(25)22(26)14-20(19)24(28)30-18(8-2)12-10-16(5)6/h13-18H,7-12H2,1-6H3. The number of benzene rings is 1. The van der Waals surface area contributed by atoms with Crippen molar-refractivity contribution < 1.29 is 19.1 Å². The van der Waals surface area contributed by atoms with Gasteiger partial charge in [0, 0.05) is 0 Å². The predicted octanol–water partition coefficient (Wildman–Crippen LogP) is 7.74. The van der Waals surface area contributed by atoms with Crippen LogP contribution in [0.15, 0.2) is 12.1 Å². The number of hydrogen-bond acceptors (Lipinski definition) is 4. The Bertz CT molecular complexity index is 642. The summed E-state index contributed by atoms with van der Waals surface area (Å²) in [5, 5.41) is 0.393. The lowest BCUT2D eigenvalue weighted by molar-refractivity contribution is 0.0213. The van der Waals surface area contributed by atoms with Crippen molar-refractivity contribution in [3.8, 4) is 0 Å². The average molecular weight is 459 g/mol. The molecule has 2 atom stereocenters. The van der Waals surface area contributed by atoms with E-state index in [1.807, 2.05) is 13.8 Å². The van der Waals surface area contributed by atoms with Gasteiger partial charge in [0.15, 0.2) is 0 Å². The van der Waals surface area contributed by atoms with Gasteiger partial charge < -0.3 is 9.47 Å². The maximum atomic E-state index is 12.9. The van der Waals surface area contributed by atoms with Gasteiger partial charge in [0.2, 0.25) is 0 Å². The molecule has 0 saturated carbocycles. The molecule has 0 aromatic heterocycles. The number of halogens is 2. The maximum Gasteiger partial charge on any atom is 0.339 e. The molecule has 0 radical (unpaired) electrons. The lowest BCUT2D eigenvalue weighted by Crippen LogP contribution is -2.23. The van der Waals surface area contributed by atoms with Gasteiger partial charge in [-0.2, -0.15) is 0 Å². The van der Waals surface area contributed by atoms with Crippen molar-refractivity contribution in [1.82, 2.24) is 0 Å². The Balaban J connectivity index is 3.05. The molecule has 0 aliphatic carbocycles. The minimum Gasteiger partial charge on any atom is -0.459 e. The summed E-state index contributed by atoms with van der Waals surface area (Å²) in [6.07, 6.45) is 4.42. The highest BCUT2D eigenvalue weighted by atomic mass is 35.5. The van der Waals surface area contributed by atoms with Gasteiger partial charge in [0.05, 0.1) is 21.2 Å². The molecule has 0 bridgehead atoms. The van der Waals surface area contributed by atoms with Crippen molar-refractivity contribution >= 4 is 35.1 Å². The zero-order valence-electron chi connectivity index (χ0n) is 19.1. The van der Waals surface area contributed by atoms with Crippen LogP contribution in [0.3, 0.4) is 0 Å². The van der Waals surface area contributed by atoms with Gasteiger partial charge in [0.25, 0.3) is 0 Å². The minimum atomic E-state index is -0.577. The molecule has 2 unspecified atom stereocenters. The summed E-state index contributed by atoms with van der Waals surface area (Å²) in [6.45, 7) is 12.5. The number of esters is 2. The van der Waals surface area contributed by atoms with E-state index in [0.29, 0.717) is 24.7 Å². The first kappa shape index (κ1) is 26.8. The Kier molecular flexibility index (Phi) is 11.8. The molecule has 6 heteroatoms. The van der Waals surface area contributed by atoms with Crippen molar-refractivity contribution in [3.63, 3.8) is 0 Å². The lowest BCUT2D eigenvalue weighted by Gasteiger charge is -2.20. The van der Waals surface area contributed by atoms with Crippen LogP contribution in [0.5, 0.6) is 0 Å². The highest BCUT2D eigenvalue weighted by Crippen LogP contribution is 2.28. The van der Waals surface area contributed by atoms with Crippen molar-refractivity contribution in [1.29, 1.82) is 0 Å². The Labute approximate surface area is 191 Å². The molecular weight excluding hydrogens is 423 g/mol. The van der Waals surface area contributed by atoms with Gasteiger partial charge in [-0.1, -0.05) is 64.7 Å². The fraction of sp³-hybridized carbons (Fsp3) is 0.667. The van der Waals surface area contributed by atoms with Crippen LogP contribution in [0.2, 0.25) is 10.0 Å².